The second-order valence-electron chi connectivity index (χ2n) is 7.76. The number of rotatable bonds is 3. The minimum Gasteiger partial charge on any atom is -0.354 e. The fourth-order valence-electron chi connectivity index (χ4n) is 4.19. The summed E-state index contributed by atoms with van der Waals surface area (Å²) in [4.78, 5) is 32.1. The van der Waals surface area contributed by atoms with Crippen LogP contribution in [0.15, 0.2) is 42.6 Å². The van der Waals surface area contributed by atoms with Crippen molar-refractivity contribution >= 4 is 55.8 Å². The van der Waals surface area contributed by atoms with E-state index in [1.54, 1.807) is 17.8 Å². The number of pyridine rings is 1. The van der Waals surface area contributed by atoms with Crippen molar-refractivity contribution in [2.75, 3.05) is 25.5 Å². The van der Waals surface area contributed by atoms with Crippen molar-refractivity contribution in [3.05, 3.63) is 53.2 Å². The van der Waals surface area contributed by atoms with Gasteiger partial charge < -0.3 is 15.5 Å². The molecule has 0 atom stereocenters. The van der Waals surface area contributed by atoms with E-state index in [1.165, 1.54) is 11.3 Å². The molecule has 1 aliphatic rings. The van der Waals surface area contributed by atoms with E-state index in [1.807, 2.05) is 48.2 Å². The van der Waals surface area contributed by atoms with Crippen molar-refractivity contribution in [3.8, 4) is 0 Å². The number of hydrogen-bond donors (Lipinski definition) is 2. The summed E-state index contributed by atoms with van der Waals surface area (Å²) in [5.41, 5.74) is 4.38. The number of thiophene rings is 1. The molecule has 1 aliphatic heterocycles. The third-order valence-electron chi connectivity index (χ3n) is 5.70. The number of nitrogens with one attached hydrogen (secondary N) is 2. The maximum atomic E-state index is 12.8. The van der Waals surface area contributed by atoms with E-state index in [4.69, 9.17) is 0 Å². The number of amides is 2. The molecular formula is C23H23N5O2S. The molecule has 158 valence electrons. The topological polar surface area (TPSA) is 79.3 Å². The van der Waals surface area contributed by atoms with Gasteiger partial charge in [0, 0.05) is 43.1 Å². The molecule has 0 bridgehead atoms. The van der Waals surface area contributed by atoms with E-state index in [9.17, 15) is 9.59 Å². The molecule has 7 nitrogen and oxygen atoms in total. The fraction of sp³-hybridized carbons (Fsp3) is 0.261. The molecule has 4 aromatic rings. The van der Waals surface area contributed by atoms with E-state index in [0.717, 1.165) is 69.0 Å². The highest BCUT2D eigenvalue weighted by molar-refractivity contribution is 7.21. The first-order valence-corrected chi connectivity index (χ1v) is 11.2. The first kappa shape index (κ1) is 19.6. The number of carbonyl (C=O) groups is 2. The predicted octanol–water partition coefficient (Wildman–Crippen LogP) is 4.73. The number of nitrogens with zero attached hydrogens (tertiary/aromatic N) is 3. The van der Waals surface area contributed by atoms with E-state index >= 15 is 0 Å². The number of benzene rings is 1. The van der Waals surface area contributed by atoms with Crippen LogP contribution in [0.1, 0.15) is 28.2 Å². The minimum absolute atomic E-state index is 0.0962. The Kier molecular flexibility index (Phi) is 4.86. The molecule has 0 aliphatic carbocycles. The van der Waals surface area contributed by atoms with Crippen LogP contribution in [-0.2, 0) is 0 Å². The number of likely N-dealkylation sites (tertiary alicyclic amines) is 1. The molecule has 3 aromatic heterocycles. The molecule has 5 rings (SSSR count). The van der Waals surface area contributed by atoms with Crippen LogP contribution >= 0.6 is 11.3 Å². The van der Waals surface area contributed by atoms with Gasteiger partial charge in [0.05, 0.1) is 26.3 Å². The summed E-state index contributed by atoms with van der Waals surface area (Å²) in [7, 11) is 1.63. The molecule has 1 fully saturated rings. The maximum absolute atomic E-state index is 12.8. The maximum Gasteiger partial charge on any atom is 0.325 e. The van der Waals surface area contributed by atoms with Crippen molar-refractivity contribution in [2.45, 2.75) is 19.8 Å². The normalized spacial score (nSPS) is 13.8. The third kappa shape index (κ3) is 3.42. The van der Waals surface area contributed by atoms with Crippen molar-refractivity contribution in [3.63, 3.8) is 0 Å². The predicted molar refractivity (Wildman–Crippen MR) is 125 cm³/mol. The van der Waals surface area contributed by atoms with E-state index < -0.39 is 0 Å². The lowest BCUT2D eigenvalue weighted by molar-refractivity contribution is 0.0797. The number of aromatic nitrogens is 2. The smallest absolute Gasteiger partial charge is 0.325 e. The van der Waals surface area contributed by atoms with Gasteiger partial charge in [-0.15, -0.1) is 11.3 Å². The summed E-state index contributed by atoms with van der Waals surface area (Å²) in [5, 5.41) is 7.13. The average Bonchev–Trinajstić information content (AvgIpc) is 3.50. The first-order chi connectivity index (χ1) is 15.0. The zero-order valence-corrected chi connectivity index (χ0v) is 18.3. The van der Waals surface area contributed by atoms with Gasteiger partial charge in [-0.2, -0.15) is 0 Å². The highest BCUT2D eigenvalue weighted by Crippen LogP contribution is 2.34. The van der Waals surface area contributed by atoms with Gasteiger partial charge in [-0.05, 0) is 56.2 Å². The number of carbonyl (C=O) groups excluding carboxylic acids is 2. The summed E-state index contributed by atoms with van der Waals surface area (Å²) in [5.74, 6) is 0.0962. The monoisotopic (exact) mass is 433 g/mol. The second-order valence-corrected chi connectivity index (χ2v) is 8.81. The summed E-state index contributed by atoms with van der Waals surface area (Å²) in [6.45, 7) is 3.58. The van der Waals surface area contributed by atoms with Gasteiger partial charge in [0.25, 0.3) is 5.91 Å². The Morgan fingerprint density at radius 1 is 1.10 bits per heavy atom. The SMILES string of the molecule is CNC(=O)n1c(C)cc2cc(Nc3ccnc4cc(C(=O)N5CCCC5)sc34)ccc21. The second kappa shape index (κ2) is 7.70. The average molecular weight is 434 g/mol. The number of anilines is 2. The molecular weight excluding hydrogens is 410 g/mol. The standard InChI is InChI=1S/C23H23N5O2S/c1-14-11-15-12-16(5-6-19(15)28(14)23(30)24-2)26-17-7-8-25-18-13-20(31-21(17)18)22(29)27-9-3-4-10-27/h5-8,11-13H,3-4,9-10H2,1-2H3,(H,24,30)(H,25,26). The summed E-state index contributed by atoms with van der Waals surface area (Å²) >= 11 is 1.48. The summed E-state index contributed by atoms with van der Waals surface area (Å²) in [6, 6.07) is 11.6. The molecule has 0 saturated carbocycles. The number of aryl methyl sites for hydroxylation is 1. The molecule has 1 saturated heterocycles. The van der Waals surface area contributed by atoms with Crippen LogP contribution in [0.3, 0.4) is 0 Å². The van der Waals surface area contributed by atoms with Crippen LogP contribution in [0.4, 0.5) is 16.2 Å². The molecule has 0 spiro atoms. The van der Waals surface area contributed by atoms with Crippen molar-refractivity contribution < 1.29 is 9.59 Å². The van der Waals surface area contributed by atoms with Crippen LogP contribution in [-0.4, -0.2) is 46.5 Å². The van der Waals surface area contributed by atoms with Gasteiger partial charge in [0.1, 0.15) is 0 Å². The van der Waals surface area contributed by atoms with E-state index in [-0.39, 0.29) is 11.9 Å². The molecule has 2 N–H and O–H groups in total. The minimum atomic E-state index is -0.155. The Balaban J connectivity index is 1.48. The molecule has 1 aromatic carbocycles. The van der Waals surface area contributed by atoms with Gasteiger partial charge in [-0.3, -0.25) is 14.3 Å². The Morgan fingerprint density at radius 3 is 2.68 bits per heavy atom. The molecule has 0 radical (unpaired) electrons. The van der Waals surface area contributed by atoms with Crippen LogP contribution in [0, 0.1) is 6.92 Å². The van der Waals surface area contributed by atoms with Crippen LogP contribution in [0.5, 0.6) is 0 Å². The quantitative estimate of drug-likeness (QED) is 0.490. The largest absolute Gasteiger partial charge is 0.354 e. The Bertz CT molecular complexity index is 1320. The summed E-state index contributed by atoms with van der Waals surface area (Å²) in [6.07, 6.45) is 3.91. The fourth-order valence-corrected chi connectivity index (χ4v) is 5.24. The lowest BCUT2D eigenvalue weighted by Crippen LogP contribution is -2.26. The molecule has 0 unspecified atom stereocenters. The molecule has 8 heteroatoms. The van der Waals surface area contributed by atoms with Gasteiger partial charge in [0.2, 0.25) is 0 Å². The Labute approximate surface area is 183 Å². The van der Waals surface area contributed by atoms with Crippen LogP contribution < -0.4 is 10.6 Å². The van der Waals surface area contributed by atoms with Gasteiger partial charge in [-0.1, -0.05) is 0 Å². The number of fused-ring (bicyclic) bond motifs is 2. The Morgan fingerprint density at radius 2 is 1.90 bits per heavy atom. The molecule has 31 heavy (non-hydrogen) atoms. The van der Waals surface area contributed by atoms with Crippen molar-refractivity contribution in [1.29, 1.82) is 0 Å². The highest BCUT2D eigenvalue weighted by Gasteiger charge is 2.22. The van der Waals surface area contributed by atoms with Crippen molar-refractivity contribution in [1.82, 2.24) is 19.8 Å². The van der Waals surface area contributed by atoms with Crippen LogP contribution in [0.2, 0.25) is 0 Å². The molecule has 2 amide bonds. The van der Waals surface area contributed by atoms with Crippen molar-refractivity contribution in [2.24, 2.45) is 0 Å². The van der Waals surface area contributed by atoms with E-state index in [0.29, 0.717) is 0 Å². The summed E-state index contributed by atoms with van der Waals surface area (Å²) < 4.78 is 2.63. The zero-order valence-electron chi connectivity index (χ0n) is 17.4. The Hall–Kier alpha value is -3.39. The first-order valence-electron chi connectivity index (χ1n) is 10.3. The van der Waals surface area contributed by atoms with Gasteiger partial charge in [0.15, 0.2) is 0 Å². The zero-order chi connectivity index (χ0) is 21.5. The van der Waals surface area contributed by atoms with E-state index in [2.05, 4.69) is 15.6 Å². The van der Waals surface area contributed by atoms with Crippen LogP contribution in [0.25, 0.3) is 21.1 Å². The highest BCUT2D eigenvalue weighted by atomic mass is 32.1. The third-order valence-corrected chi connectivity index (χ3v) is 6.84. The molecule has 4 heterocycles. The van der Waals surface area contributed by atoms with Gasteiger partial charge >= 0.3 is 6.03 Å². The lowest BCUT2D eigenvalue weighted by Gasteiger charge is -2.13. The van der Waals surface area contributed by atoms with Gasteiger partial charge in [-0.25, -0.2) is 4.79 Å². The lowest BCUT2D eigenvalue weighted by atomic mass is 10.2. The number of hydrogen-bond acceptors (Lipinski definition) is 5.